The molecule has 0 unspecified atom stereocenters. The number of ether oxygens (including phenoxy) is 1. The number of rotatable bonds is 3. The molecule has 6 heteroatoms. The maximum atomic E-state index is 9.63. The van der Waals surface area contributed by atoms with Crippen molar-refractivity contribution in [3.8, 4) is 5.75 Å². The van der Waals surface area contributed by atoms with E-state index < -0.39 is 0 Å². The van der Waals surface area contributed by atoms with Gasteiger partial charge in [-0.2, -0.15) is 0 Å². The van der Waals surface area contributed by atoms with Gasteiger partial charge in [0.1, 0.15) is 5.75 Å². The predicted molar refractivity (Wildman–Crippen MR) is 89.0 cm³/mol. The van der Waals surface area contributed by atoms with E-state index in [1.165, 1.54) is 15.0 Å². The first-order valence-corrected chi connectivity index (χ1v) is 8.35. The highest BCUT2D eigenvalue weighted by molar-refractivity contribution is 8.17. The van der Waals surface area contributed by atoms with Gasteiger partial charge in [0.2, 0.25) is 0 Å². The van der Waals surface area contributed by atoms with Crippen LogP contribution in [0.1, 0.15) is 4.88 Å². The highest BCUT2D eigenvalue weighted by atomic mass is 32.2. The van der Waals surface area contributed by atoms with Crippen LogP contribution in [0.25, 0.3) is 15.8 Å². The Morgan fingerprint density at radius 2 is 2.29 bits per heavy atom. The summed E-state index contributed by atoms with van der Waals surface area (Å²) in [5, 5.41) is 11.9. The van der Waals surface area contributed by atoms with Gasteiger partial charge in [0.05, 0.1) is 30.8 Å². The Labute approximate surface area is 130 Å². The first-order valence-electron chi connectivity index (χ1n) is 6.72. The maximum absolute atomic E-state index is 9.63. The second-order valence-electron chi connectivity index (χ2n) is 4.86. The standard InChI is InChI=1S/C15H14N2O2S2/c1-19-10-3-2-9-6-12(20-11(9)7-10)14-13(8-18)21-15-16-4-5-17(14)15/h2-3,6-7,18H,4-5,8H2,1H3. The summed E-state index contributed by atoms with van der Waals surface area (Å²) in [5.74, 6) is 0.872. The van der Waals surface area contributed by atoms with E-state index in [0.29, 0.717) is 0 Å². The number of hydrogen-bond acceptors (Lipinski definition) is 6. The van der Waals surface area contributed by atoms with Crippen molar-refractivity contribution in [1.29, 1.82) is 0 Å². The lowest BCUT2D eigenvalue weighted by molar-refractivity contribution is 0.339. The normalized spacial score (nSPS) is 17.6. The molecule has 4 rings (SSSR count). The average molecular weight is 318 g/mol. The number of nitrogens with zero attached hydrogens (tertiary/aromatic N) is 2. The highest BCUT2D eigenvalue weighted by Gasteiger charge is 2.33. The number of thiophene rings is 1. The van der Waals surface area contributed by atoms with Crippen molar-refractivity contribution in [3.05, 3.63) is 34.0 Å². The van der Waals surface area contributed by atoms with Crippen molar-refractivity contribution in [2.45, 2.75) is 0 Å². The van der Waals surface area contributed by atoms with Crippen LogP contribution in [0, 0.1) is 0 Å². The Balaban J connectivity index is 1.83. The molecule has 2 aromatic rings. The summed E-state index contributed by atoms with van der Waals surface area (Å²) in [6.45, 7) is 1.80. The van der Waals surface area contributed by atoms with Gasteiger partial charge in [-0.25, -0.2) is 0 Å². The van der Waals surface area contributed by atoms with Gasteiger partial charge >= 0.3 is 0 Å². The van der Waals surface area contributed by atoms with E-state index in [1.54, 1.807) is 30.2 Å². The van der Waals surface area contributed by atoms with Gasteiger partial charge in [0, 0.05) is 16.1 Å². The Hall–Kier alpha value is -1.50. The summed E-state index contributed by atoms with van der Waals surface area (Å²) in [7, 11) is 1.68. The minimum absolute atomic E-state index is 0.0626. The Morgan fingerprint density at radius 1 is 1.38 bits per heavy atom. The number of aliphatic hydroxyl groups is 1. The minimum atomic E-state index is 0.0626. The van der Waals surface area contributed by atoms with E-state index in [-0.39, 0.29) is 6.61 Å². The predicted octanol–water partition coefficient (Wildman–Crippen LogP) is 2.99. The van der Waals surface area contributed by atoms with Crippen LogP contribution in [0.3, 0.4) is 0 Å². The van der Waals surface area contributed by atoms with Crippen molar-refractivity contribution in [2.75, 3.05) is 26.8 Å². The van der Waals surface area contributed by atoms with E-state index in [0.717, 1.165) is 34.6 Å². The number of benzene rings is 1. The van der Waals surface area contributed by atoms with Crippen molar-refractivity contribution in [2.24, 2.45) is 4.99 Å². The summed E-state index contributed by atoms with van der Waals surface area (Å²) in [6.07, 6.45) is 0. The zero-order valence-electron chi connectivity index (χ0n) is 11.5. The van der Waals surface area contributed by atoms with Crippen LogP contribution in [0.2, 0.25) is 0 Å². The van der Waals surface area contributed by atoms with Gasteiger partial charge in [0.25, 0.3) is 0 Å². The van der Waals surface area contributed by atoms with Crippen LogP contribution in [0.15, 0.2) is 34.2 Å². The lowest BCUT2D eigenvalue weighted by atomic mass is 10.2. The number of aliphatic hydroxyl groups excluding tert-OH is 1. The third-order valence-electron chi connectivity index (χ3n) is 3.65. The quantitative estimate of drug-likeness (QED) is 0.945. The molecule has 0 spiro atoms. The molecule has 0 bridgehead atoms. The molecule has 1 aromatic carbocycles. The molecule has 21 heavy (non-hydrogen) atoms. The second-order valence-corrected chi connectivity index (χ2v) is 7.01. The van der Waals surface area contributed by atoms with Gasteiger partial charge in [-0.3, -0.25) is 4.99 Å². The average Bonchev–Trinajstić information content (AvgIpc) is 3.18. The molecule has 0 saturated carbocycles. The van der Waals surface area contributed by atoms with Crippen molar-refractivity contribution >= 4 is 44.0 Å². The summed E-state index contributed by atoms with van der Waals surface area (Å²) in [5.41, 5.74) is 1.12. The van der Waals surface area contributed by atoms with Crippen LogP contribution in [0.5, 0.6) is 5.75 Å². The molecule has 2 aliphatic heterocycles. The molecule has 108 valence electrons. The summed E-state index contributed by atoms with van der Waals surface area (Å²) >= 11 is 3.32. The van der Waals surface area contributed by atoms with Crippen LogP contribution in [0.4, 0.5) is 0 Å². The number of methoxy groups -OCH3 is 1. The van der Waals surface area contributed by atoms with E-state index in [4.69, 9.17) is 4.74 Å². The first kappa shape index (κ1) is 13.2. The lowest BCUT2D eigenvalue weighted by Gasteiger charge is -2.15. The second kappa shape index (κ2) is 5.05. The zero-order chi connectivity index (χ0) is 14.4. The van der Waals surface area contributed by atoms with Gasteiger partial charge in [-0.05, 0) is 29.7 Å². The fourth-order valence-corrected chi connectivity index (χ4v) is 4.95. The molecule has 0 aliphatic carbocycles. The number of fused-ring (bicyclic) bond motifs is 2. The van der Waals surface area contributed by atoms with Crippen molar-refractivity contribution < 1.29 is 9.84 Å². The third-order valence-corrected chi connectivity index (χ3v) is 5.86. The van der Waals surface area contributed by atoms with E-state index in [2.05, 4.69) is 28.1 Å². The fourth-order valence-electron chi connectivity index (χ4n) is 2.66. The van der Waals surface area contributed by atoms with E-state index >= 15 is 0 Å². The van der Waals surface area contributed by atoms with Crippen LogP contribution in [-0.4, -0.2) is 42.0 Å². The van der Waals surface area contributed by atoms with Crippen LogP contribution in [-0.2, 0) is 0 Å². The third kappa shape index (κ3) is 2.06. The molecular formula is C15H14N2O2S2. The lowest BCUT2D eigenvalue weighted by Crippen LogP contribution is -2.19. The van der Waals surface area contributed by atoms with E-state index in [9.17, 15) is 5.11 Å². The van der Waals surface area contributed by atoms with Crippen molar-refractivity contribution in [3.63, 3.8) is 0 Å². The molecule has 3 heterocycles. The number of amidine groups is 1. The molecule has 0 fully saturated rings. The van der Waals surface area contributed by atoms with E-state index in [1.807, 2.05) is 6.07 Å². The smallest absolute Gasteiger partial charge is 0.168 e. The molecule has 1 N–H and O–H groups in total. The topological polar surface area (TPSA) is 45.1 Å². The molecule has 2 aliphatic rings. The van der Waals surface area contributed by atoms with Gasteiger partial charge in [-0.1, -0.05) is 11.8 Å². The monoisotopic (exact) mass is 318 g/mol. The summed E-state index contributed by atoms with van der Waals surface area (Å²) < 4.78 is 6.49. The Bertz CT molecular complexity index is 779. The number of aliphatic imine (C=N–C) groups is 1. The summed E-state index contributed by atoms with van der Waals surface area (Å²) in [6, 6.07) is 8.30. The van der Waals surface area contributed by atoms with Gasteiger partial charge in [0.15, 0.2) is 5.17 Å². The van der Waals surface area contributed by atoms with Crippen LogP contribution >= 0.6 is 23.1 Å². The summed E-state index contributed by atoms with van der Waals surface area (Å²) in [4.78, 5) is 8.89. The Morgan fingerprint density at radius 3 is 3.10 bits per heavy atom. The fraction of sp³-hybridized carbons (Fsp3) is 0.267. The molecule has 0 atom stereocenters. The largest absolute Gasteiger partial charge is 0.497 e. The minimum Gasteiger partial charge on any atom is -0.497 e. The zero-order valence-corrected chi connectivity index (χ0v) is 13.1. The molecule has 0 saturated heterocycles. The molecule has 4 nitrogen and oxygen atoms in total. The maximum Gasteiger partial charge on any atom is 0.168 e. The number of thioether (sulfide) groups is 1. The number of hydrogen-bond donors (Lipinski definition) is 1. The molecule has 0 radical (unpaired) electrons. The SMILES string of the molecule is COc1ccc2cc(C3=C(CO)SC4=NCCN43)sc2c1. The van der Waals surface area contributed by atoms with Crippen molar-refractivity contribution in [1.82, 2.24) is 4.90 Å². The van der Waals surface area contributed by atoms with Gasteiger partial charge < -0.3 is 14.7 Å². The van der Waals surface area contributed by atoms with Gasteiger partial charge in [-0.15, -0.1) is 11.3 Å². The highest BCUT2D eigenvalue weighted by Crippen LogP contribution is 2.44. The molecule has 1 aromatic heterocycles. The van der Waals surface area contributed by atoms with Crippen LogP contribution < -0.4 is 4.74 Å². The first-order chi connectivity index (χ1) is 10.3. The molecular weight excluding hydrogens is 304 g/mol. The molecule has 0 amide bonds. The Kier molecular flexibility index (Phi) is 3.17.